The van der Waals surface area contributed by atoms with E-state index in [9.17, 15) is 5.11 Å². The van der Waals surface area contributed by atoms with E-state index in [1.165, 1.54) is 31.3 Å². The number of hydrogen-bond donors (Lipinski definition) is 2. The molecule has 2 rings (SSSR count). The van der Waals surface area contributed by atoms with Gasteiger partial charge in [0.2, 0.25) is 0 Å². The molecule has 0 saturated heterocycles. The number of rotatable bonds is 5. The van der Waals surface area contributed by atoms with Crippen molar-refractivity contribution < 1.29 is 5.11 Å². The van der Waals surface area contributed by atoms with Gasteiger partial charge in [-0.05, 0) is 56.9 Å². The van der Waals surface area contributed by atoms with Crippen LogP contribution < -0.4 is 5.32 Å². The number of nitrogens with one attached hydrogen (secondary N) is 1. The molecule has 0 aromatic carbocycles. The first kappa shape index (κ1) is 12.1. The predicted molar refractivity (Wildman–Crippen MR) is 67.2 cm³/mol. The molecule has 0 spiro atoms. The highest BCUT2D eigenvalue weighted by Gasteiger charge is 2.29. The molecule has 1 fully saturated rings. The van der Waals surface area contributed by atoms with Crippen molar-refractivity contribution in [3.8, 4) is 0 Å². The highest BCUT2D eigenvalue weighted by molar-refractivity contribution is 5.06. The van der Waals surface area contributed by atoms with Gasteiger partial charge in [0, 0.05) is 6.54 Å². The lowest BCUT2D eigenvalue weighted by Gasteiger charge is -2.26. The van der Waals surface area contributed by atoms with Crippen LogP contribution in [0.3, 0.4) is 0 Å². The van der Waals surface area contributed by atoms with E-state index in [-0.39, 0.29) is 6.10 Å². The van der Waals surface area contributed by atoms with E-state index in [1.54, 1.807) is 0 Å². The quantitative estimate of drug-likeness (QED) is 0.701. The average molecular weight is 223 g/mol. The molecule has 0 aromatic heterocycles. The summed E-state index contributed by atoms with van der Waals surface area (Å²) in [6, 6.07) is 0. The van der Waals surface area contributed by atoms with Gasteiger partial charge < -0.3 is 10.4 Å². The Kier molecular flexibility index (Phi) is 4.04. The summed E-state index contributed by atoms with van der Waals surface area (Å²) in [7, 11) is 0. The minimum atomic E-state index is -0.0994. The maximum absolute atomic E-state index is 9.75. The maximum atomic E-state index is 9.75. The summed E-state index contributed by atoms with van der Waals surface area (Å²) < 4.78 is 0. The van der Waals surface area contributed by atoms with Gasteiger partial charge in [0.15, 0.2) is 0 Å². The third-order valence-corrected chi connectivity index (χ3v) is 3.84. The molecule has 1 saturated carbocycles. The van der Waals surface area contributed by atoms with Crippen molar-refractivity contribution in [1.82, 2.24) is 5.32 Å². The minimum absolute atomic E-state index is 0.0994. The summed E-state index contributed by atoms with van der Waals surface area (Å²) in [6.45, 7) is 6.40. The fraction of sp³-hybridized carbons (Fsp3) is 0.857. The van der Waals surface area contributed by atoms with Gasteiger partial charge in [0.05, 0.1) is 6.10 Å². The van der Waals surface area contributed by atoms with E-state index >= 15 is 0 Å². The van der Waals surface area contributed by atoms with Gasteiger partial charge >= 0.3 is 0 Å². The van der Waals surface area contributed by atoms with Crippen molar-refractivity contribution in [3.05, 3.63) is 11.6 Å². The summed E-state index contributed by atoms with van der Waals surface area (Å²) in [5.74, 6) is 2.10. The van der Waals surface area contributed by atoms with Crippen LogP contribution in [0.15, 0.2) is 11.6 Å². The third-order valence-electron chi connectivity index (χ3n) is 3.84. The van der Waals surface area contributed by atoms with Gasteiger partial charge in [-0.1, -0.05) is 18.6 Å². The Morgan fingerprint density at radius 1 is 1.50 bits per heavy atom. The standard InChI is InChI=1S/C14H25NO/c1-10-5-11(2)7-12(6-10)8-15-9-14(16)13-3-4-13/h5,10,12-16H,3-4,6-9H2,1-2H3. The fourth-order valence-electron chi connectivity index (χ4n) is 2.92. The van der Waals surface area contributed by atoms with Gasteiger partial charge in [-0.2, -0.15) is 0 Å². The number of aliphatic hydroxyl groups excluding tert-OH is 1. The predicted octanol–water partition coefficient (Wildman–Crippen LogP) is 2.34. The van der Waals surface area contributed by atoms with E-state index in [0.717, 1.165) is 24.9 Å². The molecule has 3 atom stereocenters. The molecule has 0 radical (unpaired) electrons. The highest BCUT2D eigenvalue weighted by Crippen LogP contribution is 2.32. The minimum Gasteiger partial charge on any atom is -0.392 e. The lowest BCUT2D eigenvalue weighted by molar-refractivity contribution is 0.146. The van der Waals surface area contributed by atoms with E-state index in [0.29, 0.717) is 5.92 Å². The van der Waals surface area contributed by atoms with Crippen molar-refractivity contribution in [2.24, 2.45) is 17.8 Å². The van der Waals surface area contributed by atoms with Crippen molar-refractivity contribution in [2.75, 3.05) is 13.1 Å². The second-order valence-electron chi connectivity index (χ2n) is 5.86. The molecule has 16 heavy (non-hydrogen) atoms. The highest BCUT2D eigenvalue weighted by atomic mass is 16.3. The molecular formula is C14H25NO. The first-order chi connectivity index (χ1) is 7.65. The maximum Gasteiger partial charge on any atom is 0.0692 e. The van der Waals surface area contributed by atoms with Crippen molar-refractivity contribution >= 4 is 0 Å². The smallest absolute Gasteiger partial charge is 0.0692 e. The molecule has 0 aliphatic heterocycles. The number of allylic oxidation sites excluding steroid dienone is 2. The average Bonchev–Trinajstić information content (AvgIpc) is 2.98. The number of hydrogen-bond acceptors (Lipinski definition) is 2. The second kappa shape index (κ2) is 5.33. The molecular weight excluding hydrogens is 198 g/mol. The largest absolute Gasteiger partial charge is 0.392 e. The normalized spacial score (nSPS) is 32.3. The molecule has 2 nitrogen and oxygen atoms in total. The van der Waals surface area contributed by atoms with Crippen LogP contribution in [0.4, 0.5) is 0 Å². The van der Waals surface area contributed by atoms with Gasteiger partial charge in [0.1, 0.15) is 0 Å². The lowest BCUT2D eigenvalue weighted by atomic mass is 9.84. The fourth-order valence-corrected chi connectivity index (χ4v) is 2.92. The molecule has 0 amide bonds. The van der Waals surface area contributed by atoms with Gasteiger partial charge in [-0.25, -0.2) is 0 Å². The first-order valence-electron chi connectivity index (χ1n) is 6.71. The Morgan fingerprint density at radius 2 is 2.25 bits per heavy atom. The van der Waals surface area contributed by atoms with Gasteiger partial charge in [-0.3, -0.25) is 0 Å². The van der Waals surface area contributed by atoms with Crippen molar-refractivity contribution in [1.29, 1.82) is 0 Å². The molecule has 2 N–H and O–H groups in total. The van der Waals surface area contributed by atoms with E-state index in [4.69, 9.17) is 0 Å². The topological polar surface area (TPSA) is 32.3 Å². The van der Waals surface area contributed by atoms with Gasteiger partial charge in [-0.15, -0.1) is 0 Å². The molecule has 92 valence electrons. The Labute approximate surface area is 99.1 Å². The summed E-state index contributed by atoms with van der Waals surface area (Å²) in [6.07, 6.45) is 7.28. The van der Waals surface area contributed by atoms with E-state index < -0.39 is 0 Å². The summed E-state index contributed by atoms with van der Waals surface area (Å²) in [5, 5.41) is 13.2. The zero-order valence-electron chi connectivity index (χ0n) is 10.6. The Balaban J connectivity index is 1.64. The molecule has 0 bridgehead atoms. The van der Waals surface area contributed by atoms with Crippen LogP contribution in [-0.4, -0.2) is 24.3 Å². The summed E-state index contributed by atoms with van der Waals surface area (Å²) >= 11 is 0. The van der Waals surface area contributed by atoms with E-state index in [1.807, 2.05) is 0 Å². The lowest BCUT2D eigenvalue weighted by Crippen LogP contribution is -2.33. The second-order valence-corrected chi connectivity index (χ2v) is 5.86. The van der Waals surface area contributed by atoms with Crippen LogP contribution in [0.5, 0.6) is 0 Å². The van der Waals surface area contributed by atoms with Crippen LogP contribution in [0.1, 0.15) is 39.5 Å². The third kappa shape index (κ3) is 3.60. The SMILES string of the molecule is CC1=CC(C)CC(CNCC(O)C2CC2)C1. The molecule has 3 unspecified atom stereocenters. The van der Waals surface area contributed by atoms with Crippen molar-refractivity contribution in [3.63, 3.8) is 0 Å². The first-order valence-corrected chi connectivity index (χ1v) is 6.71. The van der Waals surface area contributed by atoms with Crippen molar-refractivity contribution in [2.45, 2.75) is 45.6 Å². The molecule has 0 aromatic rings. The Hall–Kier alpha value is -0.340. The van der Waals surface area contributed by atoms with Crippen LogP contribution in [0, 0.1) is 17.8 Å². The zero-order valence-corrected chi connectivity index (χ0v) is 10.6. The van der Waals surface area contributed by atoms with Gasteiger partial charge in [0.25, 0.3) is 0 Å². The molecule has 0 heterocycles. The van der Waals surface area contributed by atoms with E-state index in [2.05, 4.69) is 25.2 Å². The Bertz CT molecular complexity index is 257. The summed E-state index contributed by atoms with van der Waals surface area (Å²) in [5.41, 5.74) is 1.54. The molecule has 2 heteroatoms. The number of aliphatic hydroxyl groups is 1. The van der Waals surface area contributed by atoms with Crippen LogP contribution in [-0.2, 0) is 0 Å². The monoisotopic (exact) mass is 223 g/mol. The zero-order chi connectivity index (χ0) is 11.5. The summed E-state index contributed by atoms with van der Waals surface area (Å²) in [4.78, 5) is 0. The Morgan fingerprint density at radius 3 is 2.88 bits per heavy atom. The molecule has 2 aliphatic carbocycles. The van der Waals surface area contributed by atoms with Crippen LogP contribution in [0.25, 0.3) is 0 Å². The molecule has 2 aliphatic rings. The van der Waals surface area contributed by atoms with Crippen LogP contribution in [0.2, 0.25) is 0 Å². The van der Waals surface area contributed by atoms with Crippen LogP contribution >= 0.6 is 0 Å².